The molecule has 0 aliphatic carbocycles. The van der Waals surface area contributed by atoms with Gasteiger partial charge >= 0.3 is 13.2 Å². The largest absolute Gasteiger partial charge is 0.492 e. The number of rotatable bonds is 4. The van der Waals surface area contributed by atoms with Gasteiger partial charge in [-0.15, -0.1) is 0 Å². The highest BCUT2D eigenvalue weighted by Gasteiger charge is 2.52. The lowest BCUT2D eigenvalue weighted by molar-refractivity contribution is 0.00578. The van der Waals surface area contributed by atoms with E-state index >= 15 is 0 Å². The van der Waals surface area contributed by atoms with Crippen LogP contribution in [0.25, 0.3) is 6.08 Å². The lowest BCUT2D eigenvalue weighted by Gasteiger charge is -2.32. The van der Waals surface area contributed by atoms with E-state index in [1.54, 1.807) is 20.8 Å². The zero-order chi connectivity index (χ0) is 22.2. The molecule has 1 fully saturated rings. The topological polar surface area (TPSA) is 82.8 Å². The third-order valence-electron chi connectivity index (χ3n) is 4.87. The lowest BCUT2D eigenvalue weighted by atomic mass is 9.77. The van der Waals surface area contributed by atoms with Crippen LogP contribution in [0.1, 0.15) is 54.0 Å². The number of benzene rings is 1. The molecule has 1 aliphatic heterocycles. The molecule has 29 heavy (non-hydrogen) atoms. The third kappa shape index (κ3) is 5.48. The number of ether oxygens (including phenoxy) is 1. The first-order chi connectivity index (χ1) is 13.1. The molecule has 1 heterocycles. The monoisotopic (exact) mass is 410 g/mol. The number of anilines is 1. The Morgan fingerprint density at radius 3 is 2.24 bits per heavy atom. The van der Waals surface area contributed by atoms with Crippen molar-refractivity contribution in [2.24, 2.45) is 0 Å². The number of halogens is 2. The Labute approximate surface area is 170 Å². The van der Waals surface area contributed by atoms with E-state index < -0.39 is 41.6 Å². The Bertz CT molecular complexity index is 803. The van der Waals surface area contributed by atoms with Crippen molar-refractivity contribution in [3.05, 3.63) is 34.8 Å². The van der Waals surface area contributed by atoms with Crippen LogP contribution in [-0.2, 0) is 14.0 Å². The van der Waals surface area contributed by atoms with E-state index in [1.165, 1.54) is 18.2 Å². The fourth-order valence-electron chi connectivity index (χ4n) is 2.58. The summed E-state index contributed by atoms with van der Waals surface area (Å²) in [6.07, 6.45) is 0.737. The van der Waals surface area contributed by atoms with Crippen molar-refractivity contribution in [1.82, 2.24) is 5.32 Å². The number of carbonyl (C=O) groups is 1. The van der Waals surface area contributed by atoms with Crippen molar-refractivity contribution in [3.63, 3.8) is 0 Å². The van der Waals surface area contributed by atoms with Gasteiger partial charge in [0.25, 0.3) is 0 Å². The van der Waals surface area contributed by atoms with Crippen LogP contribution >= 0.6 is 0 Å². The Balaban J connectivity index is 2.34. The minimum Gasteiger partial charge on any atom is -0.444 e. The highest BCUT2D eigenvalue weighted by atomic mass is 19.2. The molecule has 0 saturated carbocycles. The van der Waals surface area contributed by atoms with Gasteiger partial charge < -0.3 is 25.1 Å². The predicted molar refractivity (Wildman–Crippen MR) is 109 cm³/mol. The molecule has 9 heteroatoms. The quantitative estimate of drug-likeness (QED) is 0.577. The SMILES string of the molecule is CC(C)(C)OC(=O)NCC(=Cc1ccc(N)c(F)c1F)B1OC(C)(C)C(C)(C)O1. The molecule has 2 rings (SSSR count). The molecule has 1 aromatic rings. The van der Waals surface area contributed by atoms with Crippen molar-refractivity contribution >= 4 is 25.0 Å². The first kappa shape index (κ1) is 23.2. The maximum Gasteiger partial charge on any atom is 0.492 e. The summed E-state index contributed by atoms with van der Waals surface area (Å²) in [6, 6.07) is 2.62. The second kappa shape index (κ2) is 7.95. The van der Waals surface area contributed by atoms with Crippen molar-refractivity contribution in [2.45, 2.75) is 65.3 Å². The van der Waals surface area contributed by atoms with Gasteiger partial charge in [0.1, 0.15) is 5.60 Å². The Morgan fingerprint density at radius 1 is 1.17 bits per heavy atom. The van der Waals surface area contributed by atoms with Gasteiger partial charge in [-0.1, -0.05) is 6.08 Å². The van der Waals surface area contributed by atoms with Crippen LogP contribution < -0.4 is 11.1 Å². The van der Waals surface area contributed by atoms with Gasteiger partial charge in [0, 0.05) is 12.1 Å². The highest BCUT2D eigenvalue weighted by molar-refractivity contribution is 6.56. The number of nitrogens with one attached hydrogen (secondary N) is 1. The molecule has 0 atom stereocenters. The molecule has 3 N–H and O–H groups in total. The summed E-state index contributed by atoms with van der Waals surface area (Å²) in [7, 11) is -0.866. The smallest absolute Gasteiger partial charge is 0.444 e. The second-order valence-electron chi connectivity index (χ2n) is 9.03. The molecule has 1 aliphatic rings. The first-order valence-electron chi connectivity index (χ1n) is 9.39. The van der Waals surface area contributed by atoms with E-state index in [9.17, 15) is 13.6 Å². The molecule has 0 spiro atoms. The zero-order valence-corrected chi connectivity index (χ0v) is 18.0. The summed E-state index contributed by atoms with van der Waals surface area (Å²) in [6.45, 7) is 12.7. The van der Waals surface area contributed by atoms with Crippen LogP contribution in [0.3, 0.4) is 0 Å². The second-order valence-corrected chi connectivity index (χ2v) is 9.03. The van der Waals surface area contributed by atoms with E-state index in [2.05, 4.69) is 5.32 Å². The van der Waals surface area contributed by atoms with Crippen LogP contribution in [0, 0.1) is 11.6 Å². The van der Waals surface area contributed by atoms with Crippen LogP contribution in [0.2, 0.25) is 0 Å². The van der Waals surface area contributed by atoms with E-state index in [4.69, 9.17) is 19.8 Å². The van der Waals surface area contributed by atoms with Gasteiger partial charge in [0.2, 0.25) is 0 Å². The number of hydrogen-bond acceptors (Lipinski definition) is 5. The van der Waals surface area contributed by atoms with Crippen LogP contribution in [-0.4, -0.2) is 36.6 Å². The maximum atomic E-state index is 14.3. The summed E-state index contributed by atoms with van der Waals surface area (Å²) in [5.41, 5.74) is 3.52. The third-order valence-corrected chi connectivity index (χ3v) is 4.87. The number of nitrogens with two attached hydrogens (primary N) is 1. The number of alkyl carbamates (subject to hydrolysis) is 1. The Kier molecular flexibility index (Phi) is 6.35. The van der Waals surface area contributed by atoms with E-state index in [0.29, 0.717) is 5.47 Å². The summed E-state index contributed by atoms with van der Waals surface area (Å²) in [5, 5.41) is 2.61. The van der Waals surface area contributed by atoms with Gasteiger partial charge in [-0.05, 0) is 66.1 Å². The van der Waals surface area contributed by atoms with Crippen LogP contribution in [0.5, 0.6) is 0 Å². The number of hydrogen-bond donors (Lipinski definition) is 2. The molecule has 0 aromatic heterocycles. The fraction of sp³-hybridized carbons (Fsp3) is 0.550. The number of carbonyl (C=O) groups excluding carboxylic acids is 1. The summed E-state index contributed by atoms with van der Waals surface area (Å²) < 4.78 is 45.5. The average molecular weight is 410 g/mol. The summed E-state index contributed by atoms with van der Waals surface area (Å²) in [4.78, 5) is 12.1. The predicted octanol–water partition coefficient (Wildman–Crippen LogP) is 4.09. The van der Waals surface area contributed by atoms with Gasteiger partial charge in [0.15, 0.2) is 11.6 Å². The van der Waals surface area contributed by atoms with E-state index in [0.717, 1.165) is 0 Å². The number of nitrogen functional groups attached to an aromatic ring is 1. The van der Waals surface area contributed by atoms with Crippen LogP contribution in [0.4, 0.5) is 19.3 Å². The maximum absolute atomic E-state index is 14.3. The molecule has 1 saturated heterocycles. The van der Waals surface area contributed by atoms with E-state index in [-0.39, 0.29) is 17.8 Å². The zero-order valence-electron chi connectivity index (χ0n) is 18.0. The molecular formula is C20H29BF2N2O4. The van der Waals surface area contributed by atoms with Crippen LogP contribution in [0.15, 0.2) is 17.6 Å². The Hall–Kier alpha value is -2.13. The molecule has 0 radical (unpaired) electrons. The normalized spacial score (nSPS) is 18.7. The molecule has 160 valence electrons. The lowest BCUT2D eigenvalue weighted by Crippen LogP contribution is -2.41. The molecular weight excluding hydrogens is 381 g/mol. The van der Waals surface area contributed by atoms with E-state index in [1.807, 2.05) is 27.7 Å². The summed E-state index contributed by atoms with van der Waals surface area (Å²) >= 11 is 0. The first-order valence-corrected chi connectivity index (χ1v) is 9.39. The van der Waals surface area contributed by atoms with Crippen molar-refractivity contribution in [1.29, 1.82) is 0 Å². The summed E-state index contributed by atoms with van der Waals surface area (Å²) in [5.74, 6) is -2.22. The standard InChI is InChI=1S/C20H29BF2N2O4/c1-18(2,3)27-17(26)25-11-13(21-28-19(4,5)20(6,7)29-21)10-12-8-9-14(24)16(23)15(12)22/h8-10H,11,24H2,1-7H3,(H,25,26). The van der Waals surface area contributed by atoms with Gasteiger partial charge in [-0.3, -0.25) is 0 Å². The minimum atomic E-state index is -1.13. The molecule has 6 nitrogen and oxygen atoms in total. The molecule has 0 bridgehead atoms. The van der Waals surface area contributed by atoms with Crippen molar-refractivity contribution < 1.29 is 27.6 Å². The van der Waals surface area contributed by atoms with Gasteiger partial charge in [-0.25, -0.2) is 13.6 Å². The fourth-order valence-corrected chi connectivity index (χ4v) is 2.58. The van der Waals surface area contributed by atoms with Crippen molar-refractivity contribution in [2.75, 3.05) is 12.3 Å². The molecule has 1 aromatic carbocycles. The average Bonchev–Trinajstić information content (AvgIpc) is 2.77. The van der Waals surface area contributed by atoms with Crippen molar-refractivity contribution in [3.8, 4) is 0 Å². The molecule has 1 amide bonds. The Morgan fingerprint density at radius 2 is 1.72 bits per heavy atom. The molecule has 0 unspecified atom stereocenters. The highest BCUT2D eigenvalue weighted by Crippen LogP contribution is 2.39. The minimum absolute atomic E-state index is 0.0348. The number of amides is 1. The van der Waals surface area contributed by atoms with Gasteiger partial charge in [-0.2, -0.15) is 0 Å². The van der Waals surface area contributed by atoms with Gasteiger partial charge in [0.05, 0.1) is 16.9 Å².